The summed E-state index contributed by atoms with van der Waals surface area (Å²) in [7, 11) is 3.23. The molecule has 0 spiro atoms. The van der Waals surface area contributed by atoms with E-state index in [4.69, 9.17) is 33.9 Å². The van der Waals surface area contributed by atoms with Crippen molar-refractivity contribution in [3.05, 3.63) is 191 Å². The maximum Gasteiger partial charge on any atom is 0.258 e. The lowest BCUT2D eigenvalue weighted by atomic mass is 9.97. The van der Waals surface area contributed by atoms with Gasteiger partial charge in [0.05, 0.1) is 38.9 Å². The van der Waals surface area contributed by atoms with Crippen LogP contribution in [0.5, 0.6) is 23.0 Å². The van der Waals surface area contributed by atoms with Crippen LogP contribution in [0.25, 0.3) is 0 Å². The van der Waals surface area contributed by atoms with Gasteiger partial charge in [-0.2, -0.15) is 15.0 Å². The van der Waals surface area contributed by atoms with E-state index in [9.17, 15) is 4.79 Å². The zero-order valence-corrected chi connectivity index (χ0v) is 36.2. The molecule has 1 amide bonds. The first-order valence-corrected chi connectivity index (χ1v) is 20.9. The third kappa shape index (κ3) is 12.0. The van der Waals surface area contributed by atoms with Gasteiger partial charge in [-0.1, -0.05) is 120 Å². The van der Waals surface area contributed by atoms with E-state index in [0.29, 0.717) is 48.2 Å². The summed E-state index contributed by atoms with van der Waals surface area (Å²) >= 11 is 0. The van der Waals surface area contributed by atoms with Crippen LogP contribution < -0.4 is 40.2 Å². The lowest BCUT2D eigenvalue weighted by Crippen LogP contribution is -2.33. The summed E-state index contributed by atoms with van der Waals surface area (Å²) in [5.41, 5.74) is 7.01. The van der Waals surface area contributed by atoms with Gasteiger partial charge in [-0.25, -0.2) is 0 Å². The maximum absolute atomic E-state index is 13.4. The van der Waals surface area contributed by atoms with Crippen molar-refractivity contribution < 1.29 is 23.7 Å². The Morgan fingerprint density at radius 2 is 1.10 bits per heavy atom. The molecule has 0 fully saturated rings. The van der Waals surface area contributed by atoms with Crippen LogP contribution in [0.1, 0.15) is 64.0 Å². The fourth-order valence-electron chi connectivity index (χ4n) is 6.96. The highest BCUT2D eigenvalue weighted by molar-refractivity contribution is 5.78. The Kier molecular flexibility index (Phi) is 14.7. The number of benzene rings is 6. The highest BCUT2D eigenvalue weighted by Crippen LogP contribution is 2.36. The molecule has 7 aromatic rings. The number of anilines is 3. The fraction of sp³-hybridized carbons (Fsp3) is 0.216. The molecule has 1 aromatic heterocycles. The SMILES string of the molecule is COc1ccc(C(Nc2nc(NCCOc3ccccc3)nc(N[C@@H](C)c3ccccc3)n2)c2ccc(OCC(=O)NC(c3ccc(C)cc3)c3ccc(C)cc3)cc2)c(OC)c1. The molecule has 1 unspecified atom stereocenters. The molecule has 0 saturated heterocycles. The first kappa shape index (κ1) is 43.5. The molecule has 4 N–H and O–H groups in total. The molecule has 2 atom stereocenters. The van der Waals surface area contributed by atoms with Crippen molar-refractivity contribution in [1.29, 1.82) is 0 Å². The van der Waals surface area contributed by atoms with Gasteiger partial charge in [0, 0.05) is 11.6 Å². The van der Waals surface area contributed by atoms with Crippen molar-refractivity contribution in [3.63, 3.8) is 0 Å². The highest BCUT2D eigenvalue weighted by Gasteiger charge is 2.23. The zero-order chi connectivity index (χ0) is 44.0. The smallest absolute Gasteiger partial charge is 0.258 e. The number of aromatic nitrogens is 3. The summed E-state index contributed by atoms with van der Waals surface area (Å²) in [4.78, 5) is 27.8. The molecule has 7 rings (SSSR count). The van der Waals surface area contributed by atoms with Gasteiger partial charge in [0.1, 0.15) is 29.6 Å². The lowest BCUT2D eigenvalue weighted by Gasteiger charge is -2.23. The van der Waals surface area contributed by atoms with Gasteiger partial charge in [0.15, 0.2) is 6.61 Å². The van der Waals surface area contributed by atoms with E-state index in [1.54, 1.807) is 14.2 Å². The maximum atomic E-state index is 13.4. The lowest BCUT2D eigenvalue weighted by molar-refractivity contribution is -0.123. The first-order chi connectivity index (χ1) is 30.7. The van der Waals surface area contributed by atoms with Crippen LogP contribution in [0.15, 0.2) is 152 Å². The second kappa shape index (κ2) is 21.3. The molecule has 12 heteroatoms. The monoisotopic (exact) mass is 843 g/mol. The number of carbonyl (C=O) groups is 1. The summed E-state index contributed by atoms with van der Waals surface area (Å²) in [6.07, 6.45) is 0. The number of hydrogen-bond donors (Lipinski definition) is 4. The molecular formula is C51H53N7O5. The molecule has 0 aliphatic heterocycles. The minimum atomic E-state index is -0.510. The number of nitrogens with one attached hydrogen (secondary N) is 4. The Labute approximate surface area is 369 Å². The topological polar surface area (TPSA) is 141 Å². The van der Waals surface area contributed by atoms with Crippen LogP contribution in [-0.2, 0) is 4.79 Å². The van der Waals surface area contributed by atoms with E-state index in [0.717, 1.165) is 44.7 Å². The molecule has 0 saturated carbocycles. The molecule has 0 bridgehead atoms. The molecule has 63 heavy (non-hydrogen) atoms. The summed E-state index contributed by atoms with van der Waals surface area (Å²) in [5.74, 6) is 3.36. The molecule has 322 valence electrons. The van der Waals surface area contributed by atoms with Crippen molar-refractivity contribution in [3.8, 4) is 23.0 Å². The number of nitrogens with zero attached hydrogens (tertiary/aromatic N) is 3. The number of amides is 1. The van der Waals surface area contributed by atoms with Gasteiger partial charge in [-0.05, 0) is 79.4 Å². The Bertz CT molecular complexity index is 2480. The van der Waals surface area contributed by atoms with Crippen LogP contribution in [0, 0.1) is 13.8 Å². The summed E-state index contributed by atoms with van der Waals surface area (Å²) in [6.45, 7) is 6.81. The number of carbonyl (C=O) groups excluding carboxylic acids is 1. The van der Waals surface area contributed by atoms with E-state index in [1.165, 1.54) is 0 Å². The molecule has 6 aromatic carbocycles. The second-order valence-corrected chi connectivity index (χ2v) is 15.0. The highest BCUT2D eigenvalue weighted by atomic mass is 16.5. The second-order valence-electron chi connectivity index (χ2n) is 15.0. The first-order valence-electron chi connectivity index (χ1n) is 20.9. The van der Waals surface area contributed by atoms with E-state index in [2.05, 4.69) is 40.3 Å². The molecule has 1 heterocycles. The Morgan fingerprint density at radius 1 is 0.556 bits per heavy atom. The summed E-state index contributed by atoms with van der Waals surface area (Å²) < 4.78 is 23.4. The third-order valence-corrected chi connectivity index (χ3v) is 10.4. The summed E-state index contributed by atoms with van der Waals surface area (Å²) in [5, 5.41) is 13.5. The Hall–Kier alpha value is -7.60. The van der Waals surface area contributed by atoms with Crippen molar-refractivity contribution in [2.75, 3.05) is 49.9 Å². The van der Waals surface area contributed by atoms with Crippen LogP contribution in [0.4, 0.5) is 17.8 Å². The number of ether oxygens (including phenoxy) is 4. The summed E-state index contributed by atoms with van der Waals surface area (Å²) in [6, 6.07) is 48.4. The number of para-hydroxylation sites is 1. The van der Waals surface area contributed by atoms with Gasteiger partial charge in [0.2, 0.25) is 17.8 Å². The predicted octanol–water partition coefficient (Wildman–Crippen LogP) is 9.66. The predicted molar refractivity (Wildman–Crippen MR) is 248 cm³/mol. The van der Waals surface area contributed by atoms with Crippen LogP contribution in [0.2, 0.25) is 0 Å². The largest absolute Gasteiger partial charge is 0.497 e. The van der Waals surface area contributed by atoms with E-state index < -0.39 is 6.04 Å². The van der Waals surface area contributed by atoms with Crippen LogP contribution in [-0.4, -0.2) is 54.8 Å². The molecule has 0 aliphatic rings. The minimum Gasteiger partial charge on any atom is -0.497 e. The normalized spacial score (nSPS) is 11.8. The fourth-order valence-corrected chi connectivity index (χ4v) is 6.96. The number of aryl methyl sites for hydroxylation is 2. The minimum absolute atomic E-state index is 0.0982. The van der Waals surface area contributed by atoms with Gasteiger partial charge < -0.3 is 40.2 Å². The number of rotatable bonds is 20. The van der Waals surface area contributed by atoms with Crippen LogP contribution in [0.3, 0.4) is 0 Å². The molecule has 0 radical (unpaired) electrons. The van der Waals surface area contributed by atoms with Gasteiger partial charge in [0.25, 0.3) is 5.91 Å². The zero-order valence-electron chi connectivity index (χ0n) is 36.2. The standard InChI is InChI=1S/C51H53N7O5/c1-34-16-20-38(21-17-34)47(39-22-18-35(2)19-23-39)54-46(59)33-63-42-26-24-40(25-27-42)48(44-29-28-43(60-4)32-45(44)61-5)55-51-57-49(52-30-31-62-41-14-10-7-11-15-41)56-50(58-51)53-36(3)37-12-8-6-9-13-37/h6-29,32,36,47-48H,30-31,33H2,1-5H3,(H,54,59)(H3,52,53,55,56,57,58)/t36-,48?/m0/s1. The van der Waals surface area contributed by atoms with E-state index in [-0.39, 0.29) is 24.6 Å². The van der Waals surface area contributed by atoms with Crippen molar-refractivity contribution in [2.45, 2.75) is 38.9 Å². The van der Waals surface area contributed by atoms with E-state index in [1.807, 2.05) is 153 Å². The van der Waals surface area contributed by atoms with Gasteiger partial charge >= 0.3 is 0 Å². The Morgan fingerprint density at radius 3 is 1.71 bits per heavy atom. The van der Waals surface area contributed by atoms with Gasteiger partial charge in [-0.3, -0.25) is 4.79 Å². The number of methoxy groups -OCH3 is 2. The third-order valence-electron chi connectivity index (χ3n) is 10.4. The van der Waals surface area contributed by atoms with Crippen molar-refractivity contribution >= 4 is 23.8 Å². The average Bonchev–Trinajstić information content (AvgIpc) is 3.32. The average molecular weight is 844 g/mol. The van der Waals surface area contributed by atoms with Crippen molar-refractivity contribution in [1.82, 2.24) is 20.3 Å². The molecule has 12 nitrogen and oxygen atoms in total. The van der Waals surface area contributed by atoms with Crippen molar-refractivity contribution in [2.24, 2.45) is 0 Å². The molecular weight excluding hydrogens is 791 g/mol. The van der Waals surface area contributed by atoms with Crippen LogP contribution >= 0.6 is 0 Å². The Balaban J connectivity index is 1.12. The molecule has 0 aliphatic carbocycles. The van der Waals surface area contributed by atoms with E-state index >= 15 is 0 Å². The number of hydrogen-bond acceptors (Lipinski definition) is 11. The van der Waals surface area contributed by atoms with Gasteiger partial charge in [-0.15, -0.1) is 0 Å². The quantitative estimate of drug-likeness (QED) is 0.0546.